The highest BCUT2D eigenvalue weighted by molar-refractivity contribution is 5.93. The maximum absolute atomic E-state index is 14.5. The second-order valence-electron chi connectivity index (χ2n) is 6.29. The lowest BCUT2D eigenvalue weighted by molar-refractivity contribution is 0.0878. The van der Waals surface area contributed by atoms with Crippen molar-refractivity contribution in [2.45, 2.75) is 19.4 Å². The molecule has 0 saturated heterocycles. The first kappa shape index (κ1) is 21.3. The third-order valence-electron chi connectivity index (χ3n) is 4.41. The van der Waals surface area contributed by atoms with Gasteiger partial charge in [0.25, 0.3) is 5.91 Å². The van der Waals surface area contributed by atoms with Gasteiger partial charge < -0.3 is 24.7 Å². The number of benzene rings is 2. The van der Waals surface area contributed by atoms with Crippen LogP contribution in [-0.4, -0.2) is 29.7 Å². The van der Waals surface area contributed by atoms with Crippen LogP contribution >= 0.6 is 0 Å². The number of aryl methyl sites for hydroxylation is 1. The minimum atomic E-state index is -1.28. The number of rotatable bonds is 8. The largest absolute Gasteiger partial charge is 0.497 e. The summed E-state index contributed by atoms with van der Waals surface area (Å²) in [6.45, 7) is 1.26. The van der Waals surface area contributed by atoms with E-state index in [1.807, 2.05) is 6.92 Å². The Labute approximate surface area is 171 Å². The van der Waals surface area contributed by atoms with Crippen LogP contribution in [0.1, 0.15) is 35.0 Å². The molecule has 3 N–H and O–H groups in total. The van der Waals surface area contributed by atoms with Gasteiger partial charge in [-0.05, 0) is 36.4 Å². The molecule has 1 amide bonds. The van der Waals surface area contributed by atoms with Crippen LogP contribution in [-0.2, 0) is 6.42 Å². The van der Waals surface area contributed by atoms with E-state index < -0.39 is 41.6 Å². The molecule has 3 rings (SSSR count). The summed E-state index contributed by atoms with van der Waals surface area (Å²) in [4.78, 5) is 15.7. The number of carbonyl (C=O) groups is 1. The highest BCUT2D eigenvalue weighted by atomic mass is 19.1. The van der Waals surface area contributed by atoms with Gasteiger partial charge in [0, 0.05) is 12.0 Å². The van der Waals surface area contributed by atoms with Crippen LogP contribution < -0.4 is 15.2 Å². The molecule has 0 spiro atoms. The molecule has 0 aliphatic carbocycles. The van der Waals surface area contributed by atoms with E-state index in [0.717, 1.165) is 17.7 Å². The van der Waals surface area contributed by atoms with Crippen LogP contribution in [0.5, 0.6) is 11.5 Å². The molecule has 3 aromatic rings. The van der Waals surface area contributed by atoms with E-state index in [9.17, 15) is 18.7 Å². The fraction of sp³-hybridized carbons (Fsp3) is 0.238. The summed E-state index contributed by atoms with van der Waals surface area (Å²) in [6, 6.07) is 8.97. The number of nitrogens with zero attached hydrogens (tertiary/aromatic N) is 1. The lowest BCUT2D eigenvalue weighted by Gasteiger charge is -2.15. The predicted molar refractivity (Wildman–Crippen MR) is 103 cm³/mol. The van der Waals surface area contributed by atoms with E-state index in [4.69, 9.17) is 19.6 Å². The van der Waals surface area contributed by atoms with Crippen molar-refractivity contribution >= 4 is 5.91 Å². The number of amides is 1. The number of methoxy groups -OCH3 is 1. The van der Waals surface area contributed by atoms with Crippen LogP contribution in [0, 0.1) is 11.6 Å². The zero-order valence-electron chi connectivity index (χ0n) is 16.3. The first-order valence-electron chi connectivity index (χ1n) is 9.08. The molecule has 0 saturated carbocycles. The minimum absolute atomic E-state index is 0.00418. The third kappa shape index (κ3) is 4.11. The van der Waals surface area contributed by atoms with Crippen molar-refractivity contribution in [3.8, 4) is 22.8 Å². The van der Waals surface area contributed by atoms with Gasteiger partial charge in [0.05, 0.1) is 13.7 Å². The first-order valence-corrected chi connectivity index (χ1v) is 9.08. The number of hydrogen-bond acceptors (Lipinski definition) is 6. The van der Waals surface area contributed by atoms with Crippen molar-refractivity contribution in [1.82, 2.24) is 4.98 Å². The fourth-order valence-electron chi connectivity index (χ4n) is 2.89. The summed E-state index contributed by atoms with van der Waals surface area (Å²) < 4.78 is 44.5. The minimum Gasteiger partial charge on any atom is -0.497 e. The van der Waals surface area contributed by atoms with E-state index in [1.165, 1.54) is 0 Å². The molecule has 158 valence electrons. The number of aliphatic hydroxyl groups is 1. The lowest BCUT2D eigenvalue weighted by atomic mass is 10.1. The van der Waals surface area contributed by atoms with Gasteiger partial charge in [-0.15, -0.1) is 0 Å². The smallest absolute Gasteiger partial charge is 0.254 e. The number of aromatic nitrogens is 1. The first-order chi connectivity index (χ1) is 14.4. The second kappa shape index (κ2) is 8.91. The molecule has 0 fully saturated rings. The molecule has 0 aliphatic rings. The van der Waals surface area contributed by atoms with Crippen LogP contribution in [0.25, 0.3) is 11.3 Å². The van der Waals surface area contributed by atoms with E-state index in [1.54, 1.807) is 31.4 Å². The second-order valence-corrected chi connectivity index (χ2v) is 6.29. The SMILES string of the molecule is CCc1oc([C@@H](CO)Oc2ccc(F)c(C(N)=O)c2F)nc1-c1ccc(OC)cc1. The Bertz CT molecular complexity index is 1050. The van der Waals surface area contributed by atoms with Crippen molar-refractivity contribution in [1.29, 1.82) is 0 Å². The van der Waals surface area contributed by atoms with Crippen LogP contribution in [0.4, 0.5) is 8.78 Å². The van der Waals surface area contributed by atoms with E-state index in [-0.39, 0.29) is 5.89 Å². The summed E-state index contributed by atoms with van der Waals surface area (Å²) in [7, 11) is 1.56. The molecule has 1 heterocycles. The topological polar surface area (TPSA) is 108 Å². The summed E-state index contributed by atoms with van der Waals surface area (Å²) in [5, 5.41) is 9.75. The maximum Gasteiger partial charge on any atom is 0.254 e. The Hall–Kier alpha value is -3.46. The highest BCUT2D eigenvalue weighted by Crippen LogP contribution is 2.32. The van der Waals surface area contributed by atoms with E-state index in [2.05, 4.69) is 4.98 Å². The number of halogens is 2. The van der Waals surface area contributed by atoms with Crippen molar-refractivity contribution in [2.24, 2.45) is 5.73 Å². The molecule has 0 unspecified atom stereocenters. The number of hydrogen-bond donors (Lipinski definition) is 2. The normalized spacial score (nSPS) is 11.9. The highest BCUT2D eigenvalue weighted by Gasteiger charge is 2.26. The average Bonchev–Trinajstić information content (AvgIpc) is 3.17. The number of carbonyl (C=O) groups excluding carboxylic acids is 1. The van der Waals surface area contributed by atoms with Gasteiger partial charge in [-0.25, -0.2) is 13.8 Å². The van der Waals surface area contributed by atoms with Crippen molar-refractivity contribution in [2.75, 3.05) is 13.7 Å². The van der Waals surface area contributed by atoms with E-state index >= 15 is 0 Å². The van der Waals surface area contributed by atoms with Gasteiger partial charge in [0.2, 0.25) is 5.89 Å². The Kier molecular flexibility index (Phi) is 6.31. The molecule has 0 radical (unpaired) electrons. The van der Waals surface area contributed by atoms with Crippen molar-refractivity contribution in [3.63, 3.8) is 0 Å². The molecule has 0 aliphatic heterocycles. The van der Waals surface area contributed by atoms with Gasteiger partial charge in [-0.2, -0.15) is 0 Å². The van der Waals surface area contributed by atoms with Gasteiger partial charge in [-0.3, -0.25) is 4.79 Å². The Morgan fingerprint density at radius 3 is 2.50 bits per heavy atom. The van der Waals surface area contributed by atoms with Crippen LogP contribution in [0.3, 0.4) is 0 Å². The maximum atomic E-state index is 14.5. The zero-order valence-corrected chi connectivity index (χ0v) is 16.3. The summed E-state index contributed by atoms with van der Waals surface area (Å²) in [6.07, 6.45) is -0.688. The monoisotopic (exact) mass is 418 g/mol. The van der Waals surface area contributed by atoms with Gasteiger partial charge >= 0.3 is 0 Å². The van der Waals surface area contributed by atoms with Crippen LogP contribution in [0.15, 0.2) is 40.8 Å². The molecule has 1 atom stereocenters. The molecule has 9 heteroatoms. The number of nitrogens with two attached hydrogens (primary N) is 1. The van der Waals surface area contributed by atoms with E-state index in [0.29, 0.717) is 23.6 Å². The lowest BCUT2D eigenvalue weighted by Crippen LogP contribution is -2.18. The molecule has 30 heavy (non-hydrogen) atoms. The Morgan fingerprint density at radius 2 is 1.93 bits per heavy atom. The van der Waals surface area contributed by atoms with Crippen LogP contribution in [0.2, 0.25) is 0 Å². The number of aliphatic hydroxyl groups excluding tert-OH is 1. The summed E-state index contributed by atoms with van der Waals surface area (Å²) in [5.41, 5.74) is 5.38. The van der Waals surface area contributed by atoms with Crippen molar-refractivity contribution < 1.29 is 32.6 Å². The molecular formula is C21H20F2N2O5. The average molecular weight is 418 g/mol. The van der Waals surface area contributed by atoms with Gasteiger partial charge in [0.1, 0.15) is 28.6 Å². The molecule has 0 bridgehead atoms. The summed E-state index contributed by atoms with van der Waals surface area (Å²) in [5.74, 6) is -2.90. The number of primary amides is 1. The third-order valence-corrected chi connectivity index (χ3v) is 4.41. The molecule has 1 aromatic heterocycles. The molecule has 7 nitrogen and oxygen atoms in total. The number of oxazole rings is 1. The zero-order chi connectivity index (χ0) is 21.8. The van der Waals surface area contributed by atoms with Crippen molar-refractivity contribution in [3.05, 3.63) is 65.2 Å². The standard InChI is InChI=1S/C21H20F2N2O5/c1-3-14-19(11-4-6-12(28-2)7-5-11)25-21(30-14)16(10-26)29-15-9-8-13(22)17(18(15)23)20(24)27/h4-9,16,26H,3,10H2,1-2H3,(H2,24,27)/t16-/m1/s1. The molecular weight excluding hydrogens is 398 g/mol. The Morgan fingerprint density at radius 1 is 1.23 bits per heavy atom. The summed E-state index contributed by atoms with van der Waals surface area (Å²) >= 11 is 0. The molecule has 2 aromatic carbocycles. The Balaban J connectivity index is 1.95. The quantitative estimate of drug-likeness (QED) is 0.581. The van der Waals surface area contributed by atoms with Gasteiger partial charge in [-0.1, -0.05) is 6.92 Å². The fourth-order valence-corrected chi connectivity index (χ4v) is 2.89. The predicted octanol–water partition coefficient (Wildman–Crippen LogP) is 3.40. The number of ether oxygens (including phenoxy) is 2. The van der Waals surface area contributed by atoms with Gasteiger partial charge in [0.15, 0.2) is 17.7 Å².